The number of allylic oxidation sites excluding steroid dienone is 2. The Balaban J connectivity index is 2.09. The van der Waals surface area contributed by atoms with Gasteiger partial charge in [-0.25, -0.2) is 0 Å². The quantitative estimate of drug-likeness (QED) is 0.616. The summed E-state index contributed by atoms with van der Waals surface area (Å²) in [5.41, 5.74) is 3.14. The Bertz CT molecular complexity index is 275. The molecule has 14 heavy (non-hydrogen) atoms. The molecule has 1 saturated carbocycles. The van der Waals surface area contributed by atoms with Crippen LogP contribution in [0.4, 0.5) is 0 Å². The molecule has 2 unspecified atom stereocenters. The highest BCUT2D eigenvalue weighted by atomic mass is 15.1. The smallest absolute Gasteiger partial charge is 0.0234 e. The molecular weight excluding hydrogens is 170 g/mol. The van der Waals surface area contributed by atoms with E-state index in [1.54, 1.807) is 11.1 Å². The molecule has 0 radical (unpaired) electrons. The van der Waals surface area contributed by atoms with Crippen molar-refractivity contribution in [3.05, 3.63) is 23.3 Å². The van der Waals surface area contributed by atoms with Crippen LogP contribution >= 0.6 is 0 Å². The third-order valence-electron chi connectivity index (χ3n) is 3.74. The molecular formula is C13H21N. The average molecular weight is 191 g/mol. The van der Waals surface area contributed by atoms with Crippen LogP contribution in [-0.4, -0.2) is 25.0 Å². The second-order valence-corrected chi connectivity index (χ2v) is 4.90. The minimum atomic E-state index is 0.867. The first kappa shape index (κ1) is 9.97. The van der Waals surface area contributed by atoms with Crippen molar-refractivity contribution in [3.63, 3.8) is 0 Å². The van der Waals surface area contributed by atoms with Crippen molar-refractivity contribution in [2.45, 2.75) is 26.7 Å². The van der Waals surface area contributed by atoms with E-state index in [9.17, 15) is 0 Å². The minimum Gasteiger partial charge on any atom is -0.298 e. The first-order valence-electron chi connectivity index (χ1n) is 5.75. The van der Waals surface area contributed by atoms with Crippen molar-refractivity contribution in [1.82, 2.24) is 4.90 Å². The fraction of sp³-hybridized carbons (Fsp3) is 0.692. The highest BCUT2D eigenvalue weighted by Gasteiger charge is 2.27. The molecule has 1 aliphatic carbocycles. The molecule has 2 rings (SSSR count). The summed E-state index contributed by atoms with van der Waals surface area (Å²) in [6.45, 7) is 6.83. The molecule has 1 saturated heterocycles. The van der Waals surface area contributed by atoms with Crippen molar-refractivity contribution < 1.29 is 0 Å². The number of likely N-dealkylation sites (N-methyl/N-ethyl adjacent to an activating group) is 1. The molecule has 2 fully saturated rings. The summed E-state index contributed by atoms with van der Waals surface area (Å²) in [4.78, 5) is 2.39. The molecule has 0 amide bonds. The van der Waals surface area contributed by atoms with Crippen molar-refractivity contribution in [1.29, 1.82) is 0 Å². The molecule has 2 aliphatic rings. The van der Waals surface area contributed by atoms with E-state index < -0.39 is 0 Å². The lowest BCUT2D eigenvalue weighted by Gasteiger charge is -2.31. The van der Waals surface area contributed by atoms with Gasteiger partial charge in [-0.3, -0.25) is 4.90 Å². The maximum absolute atomic E-state index is 2.53. The summed E-state index contributed by atoms with van der Waals surface area (Å²) in [5.74, 6) is 1.79. The molecule has 1 nitrogen and oxygen atoms in total. The molecule has 0 aromatic carbocycles. The summed E-state index contributed by atoms with van der Waals surface area (Å²) in [7, 11) is 2.20. The van der Waals surface area contributed by atoms with Crippen LogP contribution in [0, 0.1) is 11.8 Å². The molecule has 0 bridgehead atoms. The zero-order valence-corrected chi connectivity index (χ0v) is 9.59. The summed E-state index contributed by atoms with van der Waals surface area (Å²) in [6, 6.07) is 0. The second-order valence-electron chi connectivity index (χ2n) is 4.90. The van der Waals surface area contributed by atoms with E-state index in [1.165, 1.54) is 12.8 Å². The van der Waals surface area contributed by atoms with Crippen molar-refractivity contribution in [3.8, 4) is 0 Å². The number of rotatable bonds is 1. The highest BCUT2D eigenvalue weighted by Crippen LogP contribution is 2.37. The molecule has 1 heterocycles. The van der Waals surface area contributed by atoms with Gasteiger partial charge < -0.3 is 0 Å². The van der Waals surface area contributed by atoms with Crippen molar-refractivity contribution >= 4 is 0 Å². The van der Waals surface area contributed by atoms with E-state index >= 15 is 0 Å². The van der Waals surface area contributed by atoms with Gasteiger partial charge in [0.05, 0.1) is 0 Å². The normalized spacial score (nSPS) is 39.4. The zero-order chi connectivity index (χ0) is 10.1. The van der Waals surface area contributed by atoms with Crippen molar-refractivity contribution in [2.75, 3.05) is 20.1 Å². The van der Waals surface area contributed by atoms with Crippen LogP contribution in [0.2, 0.25) is 0 Å². The Hall–Kier alpha value is -0.560. The molecule has 2 atom stereocenters. The largest absolute Gasteiger partial charge is 0.298 e. The summed E-state index contributed by atoms with van der Waals surface area (Å²) in [6.07, 6.45) is 7.65. The molecule has 0 spiro atoms. The van der Waals surface area contributed by atoms with E-state index in [2.05, 4.69) is 37.9 Å². The average Bonchev–Trinajstić information content (AvgIpc) is 2.53. The molecule has 1 aliphatic heterocycles. The number of nitrogens with zero attached hydrogens (tertiary/aromatic N) is 1. The summed E-state index contributed by atoms with van der Waals surface area (Å²) in [5, 5.41) is 0. The maximum atomic E-state index is 2.53. The monoisotopic (exact) mass is 191 g/mol. The van der Waals surface area contributed by atoms with Gasteiger partial charge in [-0.2, -0.15) is 0 Å². The van der Waals surface area contributed by atoms with E-state index in [0.717, 1.165) is 24.9 Å². The minimum absolute atomic E-state index is 0.867. The van der Waals surface area contributed by atoms with Crippen LogP contribution < -0.4 is 0 Å². The van der Waals surface area contributed by atoms with E-state index in [1.807, 2.05) is 0 Å². The predicted octanol–water partition coefficient (Wildman–Crippen LogP) is 2.85. The standard InChI is InChI=1S/C13H21N/c1-4-11-8-14(3)9-13(11)7-12-6-5-10(12)2/h4,7,10,12H,5-6,8-9H2,1-3H3/b11-4-,13-7-. The van der Waals surface area contributed by atoms with Crippen LogP contribution in [0.15, 0.2) is 23.3 Å². The van der Waals surface area contributed by atoms with E-state index in [-0.39, 0.29) is 0 Å². The van der Waals surface area contributed by atoms with Gasteiger partial charge >= 0.3 is 0 Å². The van der Waals surface area contributed by atoms with Gasteiger partial charge in [0.15, 0.2) is 0 Å². The molecule has 0 aromatic heterocycles. The third-order valence-corrected chi connectivity index (χ3v) is 3.74. The van der Waals surface area contributed by atoms with Crippen LogP contribution in [0.3, 0.4) is 0 Å². The lowest BCUT2D eigenvalue weighted by Crippen LogP contribution is -2.21. The van der Waals surface area contributed by atoms with Crippen LogP contribution in [0.25, 0.3) is 0 Å². The van der Waals surface area contributed by atoms with Gasteiger partial charge in [0.25, 0.3) is 0 Å². The zero-order valence-electron chi connectivity index (χ0n) is 9.59. The topological polar surface area (TPSA) is 3.24 Å². The molecule has 1 heteroatoms. The predicted molar refractivity (Wildman–Crippen MR) is 61.2 cm³/mol. The van der Waals surface area contributed by atoms with Gasteiger partial charge in [0.2, 0.25) is 0 Å². The van der Waals surface area contributed by atoms with Gasteiger partial charge in [-0.15, -0.1) is 0 Å². The van der Waals surface area contributed by atoms with Crippen LogP contribution in [0.5, 0.6) is 0 Å². The van der Waals surface area contributed by atoms with Crippen LogP contribution in [-0.2, 0) is 0 Å². The number of hydrogen-bond donors (Lipinski definition) is 0. The maximum Gasteiger partial charge on any atom is 0.0234 e. The Kier molecular flexibility index (Phi) is 2.78. The van der Waals surface area contributed by atoms with E-state index in [0.29, 0.717) is 0 Å². The Labute approximate surface area is 87.5 Å². The molecule has 0 aromatic rings. The lowest BCUT2D eigenvalue weighted by molar-refractivity contribution is 0.250. The SMILES string of the molecule is C/C=C1/CN(C)C/C1=C/C1CCC1C. The van der Waals surface area contributed by atoms with E-state index in [4.69, 9.17) is 0 Å². The Morgan fingerprint density at radius 1 is 1.21 bits per heavy atom. The fourth-order valence-electron chi connectivity index (χ4n) is 2.48. The fourth-order valence-corrected chi connectivity index (χ4v) is 2.48. The Morgan fingerprint density at radius 3 is 2.43 bits per heavy atom. The number of likely N-dealkylation sites (tertiary alicyclic amines) is 1. The van der Waals surface area contributed by atoms with Gasteiger partial charge in [0, 0.05) is 13.1 Å². The molecule has 0 N–H and O–H groups in total. The first-order chi connectivity index (χ1) is 6.70. The highest BCUT2D eigenvalue weighted by molar-refractivity contribution is 5.38. The van der Waals surface area contributed by atoms with Gasteiger partial charge in [0.1, 0.15) is 0 Å². The summed E-state index contributed by atoms with van der Waals surface area (Å²) >= 11 is 0. The lowest BCUT2D eigenvalue weighted by atomic mass is 9.74. The van der Waals surface area contributed by atoms with Crippen LogP contribution in [0.1, 0.15) is 26.7 Å². The second kappa shape index (κ2) is 3.90. The van der Waals surface area contributed by atoms with Gasteiger partial charge in [-0.1, -0.05) is 19.1 Å². The Morgan fingerprint density at radius 2 is 1.93 bits per heavy atom. The number of hydrogen-bond acceptors (Lipinski definition) is 1. The molecule has 78 valence electrons. The van der Waals surface area contributed by atoms with Gasteiger partial charge in [-0.05, 0) is 49.8 Å². The summed E-state index contributed by atoms with van der Waals surface area (Å²) < 4.78 is 0. The van der Waals surface area contributed by atoms with Crippen molar-refractivity contribution in [2.24, 2.45) is 11.8 Å². The third kappa shape index (κ3) is 1.78. The first-order valence-corrected chi connectivity index (χ1v) is 5.75.